The van der Waals surface area contributed by atoms with Gasteiger partial charge in [-0.25, -0.2) is 0 Å². The molecule has 1 heterocycles. The average Bonchev–Trinajstić information content (AvgIpc) is 2.37. The summed E-state index contributed by atoms with van der Waals surface area (Å²) in [6.45, 7) is 0. The minimum atomic E-state index is 0.124. The van der Waals surface area contributed by atoms with E-state index in [-0.39, 0.29) is 11.9 Å². The molecule has 0 fully saturated rings. The topological polar surface area (TPSA) is 90.7 Å². The number of nitrogens with two attached hydrogens (primary N) is 2. The van der Waals surface area contributed by atoms with Crippen LogP contribution in [0.25, 0.3) is 22.2 Å². The van der Waals surface area contributed by atoms with Gasteiger partial charge < -0.3 is 11.5 Å². The van der Waals surface area contributed by atoms with Crippen molar-refractivity contribution in [1.29, 1.82) is 0 Å². The number of anilines is 2. The average molecular weight is 316 g/mol. The number of benzene rings is 2. The summed E-state index contributed by atoms with van der Waals surface area (Å²) >= 11 is 3.45. The van der Waals surface area contributed by atoms with Crippen LogP contribution in [0, 0.1) is 0 Å². The Morgan fingerprint density at radius 3 is 2.16 bits per heavy atom. The largest absolute Gasteiger partial charge is 0.368 e. The Hall–Kier alpha value is -2.21. The molecule has 3 aromatic rings. The highest BCUT2D eigenvalue weighted by atomic mass is 79.9. The first-order chi connectivity index (χ1) is 9.11. The van der Waals surface area contributed by atoms with Gasteiger partial charge in [-0.05, 0) is 29.0 Å². The lowest BCUT2D eigenvalue weighted by molar-refractivity contribution is 1.09. The summed E-state index contributed by atoms with van der Waals surface area (Å²) in [7, 11) is 0. The third-order valence-corrected chi connectivity index (χ3v) is 3.22. The third-order valence-electron chi connectivity index (χ3n) is 2.73. The van der Waals surface area contributed by atoms with Crippen molar-refractivity contribution in [2.75, 3.05) is 11.5 Å². The van der Waals surface area contributed by atoms with E-state index in [1.165, 1.54) is 0 Å². The summed E-state index contributed by atoms with van der Waals surface area (Å²) in [5.41, 5.74) is 12.0. The molecule has 1 aromatic heterocycles. The van der Waals surface area contributed by atoms with E-state index >= 15 is 0 Å². The first-order valence-corrected chi connectivity index (χ1v) is 6.38. The minimum absolute atomic E-state index is 0.124. The van der Waals surface area contributed by atoms with Gasteiger partial charge >= 0.3 is 0 Å². The zero-order valence-electron chi connectivity index (χ0n) is 9.84. The van der Waals surface area contributed by atoms with Gasteiger partial charge in [0.1, 0.15) is 0 Å². The number of hydrogen-bond acceptors (Lipinski definition) is 5. The molecular formula is C13H10BrN5. The maximum atomic E-state index is 5.58. The van der Waals surface area contributed by atoms with Gasteiger partial charge in [-0.2, -0.15) is 15.0 Å². The highest BCUT2D eigenvalue weighted by Crippen LogP contribution is 2.25. The first kappa shape index (κ1) is 11.9. The Bertz CT molecular complexity index is 752. The maximum Gasteiger partial charge on any atom is 0.225 e. The van der Waals surface area contributed by atoms with Crippen LogP contribution in [-0.4, -0.2) is 15.0 Å². The van der Waals surface area contributed by atoms with E-state index in [1.54, 1.807) is 0 Å². The van der Waals surface area contributed by atoms with Crippen molar-refractivity contribution >= 4 is 38.6 Å². The molecule has 0 aliphatic carbocycles. The van der Waals surface area contributed by atoms with Crippen LogP contribution in [0.5, 0.6) is 0 Å². The highest BCUT2D eigenvalue weighted by molar-refractivity contribution is 9.10. The number of nitrogens with zero attached hydrogens (tertiary/aromatic N) is 3. The summed E-state index contributed by atoms with van der Waals surface area (Å²) in [5, 5.41) is 2.23. The molecule has 0 aliphatic rings. The fourth-order valence-corrected chi connectivity index (χ4v) is 2.27. The molecule has 6 heteroatoms. The third kappa shape index (κ3) is 2.34. The van der Waals surface area contributed by atoms with Crippen LogP contribution in [0.4, 0.5) is 11.9 Å². The smallest absolute Gasteiger partial charge is 0.225 e. The highest BCUT2D eigenvalue weighted by Gasteiger charge is 2.06. The molecule has 0 bridgehead atoms. The normalized spacial score (nSPS) is 10.8. The van der Waals surface area contributed by atoms with Gasteiger partial charge in [-0.1, -0.05) is 34.1 Å². The first-order valence-electron chi connectivity index (χ1n) is 5.58. The van der Waals surface area contributed by atoms with Crippen molar-refractivity contribution in [3.8, 4) is 11.4 Å². The summed E-state index contributed by atoms with van der Waals surface area (Å²) in [4.78, 5) is 12.0. The van der Waals surface area contributed by atoms with Crippen LogP contribution < -0.4 is 11.5 Å². The molecule has 0 aliphatic heterocycles. The van der Waals surface area contributed by atoms with Gasteiger partial charge in [0.25, 0.3) is 0 Å². The maximum absolute atomic E-state index is 5.58. The molecule has 4 N–H and O–H groups in total. The number of hydrogen-bond donors (Lipinski definition) is 2. The second-order valence-corrected chi connectivity index (χ2v) is 5.00. The number of fused-ring (bicyclic) bond motifs is 1. The van der Waals surface area contributed by atoms with Crippen molar-refractivity contribution < 1.29 is 0 Å². The number of halogens is 1. The van der Waals surface area contributed by atoms with Crippen LogP contribution in [0.2, 0.25) is 0 Å². The fraction of sp³-hybridized carbons (Fsp3) is 0. The van der Waals surface area contributed by atoms with E-state index in [2.05, 4.69) is 36.9 Å². The molecule has 3 rings (SSSR count). The quantitative estimate of drug-likeness (QED) is 0.720. The Balaban J connectivity index is 2.17. The Kier molecular flexibility index (Phi) is 2.79. The van der Waals surface area contributed by atoms with E-state index < -0.39 is 0 Å². The standard InChI is InChI=1S/C13H10BrN5/c14-10-4-3-7-5-9(2-1-8(7)6-10)11-17-12(15)19-13(16)18-11/h1-6H,(H4,15,16,17,18,19). The molecule has 0 spiro atoms. The molecule has 0 saturated heterocycles. The second-order valence-electron chi connectivity index (χ2n) is 4.08. The number of nitrogen functional groups attached to an aromatic ring is 2. The van der Waals surface area contributed by atoms with Gasteiger partial charge in [0.2, 0.25) is 11.9 Å². The van der Waals surface area contributed by atoms with Gasteiger partial charge in [0, 0.05) is 10.0 Å². The van der Waals surface area contributed by atoms with Crippen LogP contribution >= 0.6 is 15.9 Å². The van der Waals surface area contributed by atoms with Gasteiger partial charge in [0.15, 0.2) is 5.82 Å². The second kappa shape index (κ2) is 4.47. The number of rotatable bonds is 1. The van der Waals surface area contributed by atoms with Gasteiger partial charge in [-0.15, -0.1) is 0 Å². The van der Waals surface area contributed by atoms with E-state index in [1.807, 2.05) is 30.3 Å². The number of aromatic nitrogens is 3. The van der Waals surface area contributed by atoms with Crippen LogP contribution in [0.3, 0.4) is 0 Å². The molecule has 0 atom stereocenters. The van der Waals surface area contributed by atoms with Crippen LogP contribution in [0.1, 0.15) is 0 Å². The molecule has 0 unspecified atom stereocenters. The van der Waals surface area contributed by atoms with Crippen molar-refractivity contribution in [2.24, 2.45) is 0 Å². The van der Waals surface area contributed by atoms with E-state index in [0.29, 0.717) is 5.82 Å². The lowest BCUT2D eigenvalue weighted by atomic mass is 10.1. The SMILES string of the molecule is Nc1nc(N)nc(-c2ccc3cc(Br)ccc3c2)n1. The molecule has 94 valence electrons. The molecule has 0 saturated carbocycles. The molecule has 2 aromatic carbocycles. The lowest BCUT2D eigenvalue weighted by Gasteiger charge is -2.04. The molecule has 5 nitrogen and oxygen atoms in total. The van der Waals surface area contributed by atoms with Gasteiger partial charge in [0.05, 0.1) is 0 Å². The van der Waals surface area contributed by atoms with Crippen LogP contribution in [-0.2, 0) is 0 Å². The minimum Gasteiger partial charge on any atom is -0.368 e. The summed E-state index contributed by atoms with van der Waals surface area (Å²) < 4.78 is 1.04. The van der Waals surface area contributed by atoms with Crippen molar-refractivity contribution in [3.63, 3.8) is 0 Å². The van der Waals surface area contributed by atoms with Gasteiger partial charge in [-0.3, -0.25) is 0 Å². The van der Waals surface area contributed by atoms with Crippen molar-refractivity contribution in [3.05, 3.63) is 40.9 Å². The van der Waals surface area contributed by atoms with E-state index in [4.69, 9.17) is 11.5 Å². The van der Waals surface area contributed by atoms with Crippen molar-refractivity contribution in [2.45, 2.75) is 0 Å². The van der Waals surface area contributed by atoms with Crippen molar-refractivity contribution in [1.82, 2.24) is 15.0 Å². The van der Waals surface area contributed by atoms with Crippen LogP contribution in [0.15, 0.2) is 40.9 Å². The van der Waals surface area contributed by atoms with E-state index in [9.17, 15) is 0 Å². The zero-order valence-corrected chi connectivity index (χ0v) is 11.4. The molecule has 0 amide bonds. The zero-order chi connectivity index (χ0) is 13.4. The Morgan fingerprint density at radius 2 is 1.42 bits per heavy atom. The Labute approximate surface area is 117 Å². The predicted octanol–water partition coefficient (Wildman–Crippen LogP) is 2.62. The molecule has 19 heavy (non-hydrogen) atoms. The predicted molar refractivity (Wildman–Crippen MR) is 79.3 cm³/mol. The molecule has 0 radical (unpaired) electrons. The summed E-state index contributed by atoms with van der Waals surface area (Å²) in [5.74, 6) is 0.728. The summed E-state index contributed by atoms with van der Waals surface area (Å²) in [6.07, 6.45) is 0. The lowest BCUT2D eigenvalue weighted by Crippen LogP contribution is -2.04. The summed E-state index contributed by atoms with van der Waals surface area (Å²) in [6, 6.07) is 12.0. The molecular weight excluding hydrogens is 306 g/mol. The fourth-order valence-electron chi connectivity index (χ4n) is 1.89. The van der Waals surface area contributed by atoms with E-state index in [0.717, 1.165) is 20.8 Å². The monoisotopic (exact) mass is 315 g/mol. The Morgan fingerprint density at radius 1 is 0.789 bits per heavy atom.